The topological polar surface area (TPSA) is 37.3 Å². The molecule has 0 aliphatic heterocycles. The van der Waals surface area contributed by atoms with Crippen molar-refractivity contribution in [1.82, 2.24) is 0 Å². The Morgan fingerprint density at radius 2 is 1.50 bits per heavy atom. The summed E-state index contributed by atoms with van der Waals surface area (Å²) in [6.07, 6.45) is 0.342. The maximum absolute atomic E-state index is 12.1. The second-order valence-corrected chi connectivity index (χ2v) is 4.43. The van der Waals surface area contributed by atoms with E-state index in [0.29, 0.717) is 17.5 Å². The van der Waals surface area contributed by atoms with Crippen molar-refractivity contribution >= 4 is 23.1 Å². The lowest BCUT2D eigenvalue weighted by atomic mass is 10.0. The number of carbonyl (C=O) groups is 1. The number of ketones is 1. The van der Waals surface area contributed by atoms with E-state index >= 15 is 0 Å². The summed E-state index contributed by atoms with van der Waals surface area (Å²) < 4.78 is 0. The number of benzene rings is 2. The average Bonchev–Trinajstić information content (AvgIpc) is 2.39. The lowest BCUT2D eigenvalue weighted by molar-refractivity contribution is 0.103. The van der Waals surface area contributed by atoms with Crippen molar-refractivity contribution in [1.29, 1.82) is 0 Å². The third kappa shape index (κ3) is 3.02. The number of hydrogen-bond acceptors (Lipinski definition) is 2. The zero-order valence-electron chi connectivity index (χ0n) is 9.67. The summed E-state index contributed by atoms with van der Waals surface area (Å²) in [4.78, 5) is 12.1. The van der Waals surface area contributed by atoms with E-state index in [0.717, 1.165) is 5.56 Å². The predicted molar refractivity (Wildman–Crippen MR) is 75.2 cm³/mol. The van der Waals surface area contributed by atoms with Gasteiger partial charge < -0.3 is 5.11 Å². The number of thiocarbonyl (C=S) groups is 1. The van der Waals surface area contributed by atoms with E-state index in [1.807, 2.05) is 18.2 Å². The Morgan fingerprint density at radius 1 is 0.944 bits per heavy atom. The highest BCUT2D eigenvalue weighted by atomic mass is 32.1. The van der Waals surface area contributed by atoms with Crippen LogP contribution in [0.5, 0.6) is 0 Å². The Labute approximate surface area is 111 Å². The first-order valence-corrected chi connectivity index (χ1v) is 5.98. The maximum Gasteiger partial charge on any atom is 0.193 e. The van der Waals surface area contributed by atoms with Crippen LogP contribution in [0.15, 0.2) is 54.6 Å². The highest BCUT2D eigenvalue weighted by Gasteiger charge is 2.08. The molecule has 2 rings (SSSR count). The molecule has 0 radical (unpaired) electrons. The second kappa shape index (κ2) is 5.56. The summed E-state index contributed by atoms with van der Waals surface area (Å²) in [7, 11) is 0. The Morgan fingerprint density at radius 3 is 2.06 bits per heavy atom. The van der Waals surface area contributed by atoms with Gasteiger partial charge in [-0.05, 0) is 17.8 Å². The molecule has 0 amide bonds. The number of aliphatic hydroxyl groups is 1. The van der Waals surface area contributed by atoms with E-state index in [1.54, 1.807) is 36.4 Å². The highest BCUT2D eigenvalue weighted by Crippen LogP contribution is 2.11. The van der Waals surface area contributed by atoms with Gasteiger partial charge in [-0.15, -0.1) is 0 Å². The van der Waals surface area contributed by atoms with Gasteiger partial charge in [0.2, 0.25) is 0 Å². The molecule has 0 aliphatic rings. The van der Waals surface area contributed by atoms with Crippen LogP contribution in [0.4, 0.5) is 0 Å². The monoisotopic (exact) mass is 256 g/mol. The number of rotatable bonds is 4. The zero-order valence-corrected chi connectivity index (χ0v) is 10.5. The number of hydrogen-bond donors (Lipinski definition) is 1. The van der Waals surface area contributed by atoms with E-state index in [9.17, 15) is 4.79 Å². The van der Waals surface area contributed by atoms with Crippen molar-refractivity contribution in [3.8, 4) is 0 Å². The van der Waals surface area contributed by atoms with E-state index in [1.165, 1.54) is 0 Å². The molecule has 0 atom stereocenters. The van der Waals surface area contributed by atoms with Gasteiger partial charge in [-0.3, -0.25) is 4.79 Å². The van der Waals surface area contributed by atoms with Crippen LogP contribution in [0.25, 0.3) is 0 Å². The third-order valence-electron chi connectivity index (χ3n) is 2.61. The molecule has 90 valence electrons. The minimum absolute atomic E-state index is 0.00581. The van der Waals surface area contributed by atoms with Crippen LogP contribution >= 0.6 is 12.2 Å². The molecular formula is C15H12O2S. The molecule has 1 N–H and O–H groups in total. The molecular weight excluding hydrogens is 244 g/mol. The number of carbonyl (C=O) groups excluding carboxylic acids is 1. The van der Waals surface area contributed by atoms with Crippen LogP contribution in [0, 0.1) is 0 Å². The van der Waals surface area contributed by atoms with Crippen LogP contribution < -0.4 is 0 Å². The standard InChI is InChI=1S/C15H12O2S/c16-14(18)10-11-6-8-13(9-7-11)15(17)12-4-2-1-3-5-12/h1-9H,10H2,(H,16,18). The Balaban J connectivity index is 2.20. The molecule has 0 spiro atoms. The summed E-state index contributed by atoms with van der Waals surface area (Å²) in [5.74, 6) is -0.00581. The molecule has 0 bridgehead atoms. The van der Waals surface area contributed by atoms with Crippen LogP contribution in [0.3, 0.4) is 0 Å². The van der Waals surface area contributed by atoms with E-state index in [4.69, 9.17) is 5.11 Å². The Kier molecular flexibility index (Phi) is 3.85. The average molecular weight is 256 g/mol. The van der Waals surface area contributed by atoms with Crippen molar-refractivity contribution in [3.05, 3.63) is 71.3 Å². The summed E-state index contributed by atoms with van der Waals surface area (Å²) in [5, 5.41) is 8.98. The molecule has 0 aromatic heterocycles. The van der Waals surface area contributed by atoms with Crippen molar-refractivity contribution in [2.24, 2.45) is 0 Å². The number of aliphatic hydroxyl groups excluding tert-OH is 1. The molecule has 18 heavy (non-hydrogen) atoms. The first-order valence-electron chi connectivity index (χ1n) is 5.57. The summed E-state index contributed by atoms with van der Waals surface area (Å²) in [6, 6.07) is 16.3. The molecule has 0 saturated carbocycles. The second-order valence-electron chi connectivity index (χ2n) is 3.96. The quantitative estimate of drug-likeness (QED) is 0.673. The van der Waals surface area contributed by atoms with Gasteiger partial charge in [0.05, 0.1) is 0 Å². The summed E-state index contributed by atoms with van der Waals surface area (Å²) in [5.41, 5.74) is 2.20. The fourth-order valence-corrected chi connectivity index (χ4v) is 1.87. The summed E-state index contributed by atoms with van der Waals surface area (Å²) in [6.45, 7) is 0. The lowest BCUT2D eigenvalue weighted by Gasteiger charge is -2.03. The molecule has 2 aromatic rings. The maximum atomic E-state index is 12.1. The molecule has 3 heteroatoms. The minimum Gasteiger partial charge on any atom is -0.502 e. The lowest BCUT2D eigenvalue weighted by Crippen LogP contribution is -2.02. The van der Waals surface area contributed by atoms with Crippen LogP contribution in [-0.2, 0) is 6.42 Å². The van der Waals surface area contributed by atoms with E-state index in [-0.39, 0.29) is 10.8 Å². The molecule has 0 heterocycles. The van der Waals surface area contributed by atoms with Crippen molar-refractivity contribution in [3.63, 3.8) is 0 Å². The van der Waals surface area contributed by atoms with Gasteiger partial charge >= 0.3 is 0 Å². The van der Waals surface area contributed by atoms with E-state index in [2.05, 4.69) is 12.2 Å². The van der Waals surface area contributed by atoms with Gasteiger partial charge in [-0.1, -0.05) is 54.6 Å². The van der Waals surface area contributed by atoms with Crippen LogP contribution in [0.2, 0.25) is 0 Å². The highest BCUT2D eigenvalue weighted by molar-refractivity contribution is 7.80. The van der Waals surface area contributed by atoms with Crippen molar-refractivity contribution in [2.45, 2.75) is 6.42 Å². The van der Waals surface area contributed by atoms with Crippen molar-refractivity contribution < 1.29 is 9.90 Å². The molecule has 0 aliphatic carbocycles. The normalized spacial score (nSPS) is 10.0. The van der Waals surface area contributed by atoms with Gasteiger partial charge in [0, 0.05) is 17.5 Å². The van der Waals surface area contributed by atoms with Gasteiger partial charge in [-0.25, -0.2) is 0 Å². The van der Waals surface area contributed by atoms with Crippen LogP contribution in [-0.4, -0.2) is 15.9 Å². The first kappa shape index (κ1) is 12.5. The zero-order chi connectivity index (χ0) is 13.0. The fourth-order valence-electron chi connectivity index (χ4n) is 1.70. The molecule has 2 aromatic carbocycles. The first-order chi connectivity index (χ1) is 8.66. The van der Waals surface area contributed by atoms with Gasteiger partial charge in [0.25, 0.3) is 0 Å². The molecule has 0 saturated heterocycles. The minimum atomic E-state index is -0.0443. The Bertz CT molecular complexity index is 559. The smallest absolute Gasteiger partial charge is 0.193 e. The molecule has 0 unspecified atom stereocenters. The van der Waals surface area contributed by atoms with Gasteiger partial charge in [-0.2, -0.15) is 0 Å². The van der Waals surface area contributed by atoms with Gasteiger partial charge in [0.1, 0.15) is 0 Å². The van der Waals surface area contributed by atoms with Gasteiger partial charge in [0.15, 0.2) is 10.8 Å². The SMILES string of the molecule is O=C(c1ccccc1)c1ccc(CC(O)=S)cc1. The summed E-state index contributed by atoms with van der Waals surface area (Å²) >= 11 is 4.63. The largest absolute Gasteiger partial charge is 0.502 e. The molecule has 2 nitrogen and oxygen atoms in total. The van der Waals surface area contributed by atoms with Crippen molar-refractivity contribution in [2.75, 3.05) is 0 Å². The van der Waals surface area contributed by atoms with Crippen LogP contribution in [0.1, 0.15) is 21.5 Å². The van der Waals surface area contributed by atoms with E-state index < -0.39 is 0 Å². The fraction of sp³-hybridized carbons (Fsp3) is 0.0667. The molecule has 0 fully saturated rings. The Hall–Kier alpha value is -2.00. The predicted octanol–water partition coefficient (Wildman–Crippen LogP) is 3.35. The third-order valence-corrected chi connectivity index (χ3v) is 2.75.